The molecule has 0 spiro atoms. The van der Waals surface area contributed by atoms with Crippen molar-refractivity contribution >= 4 is 17.9 Å². The van der Waals surface area contributed by atoms with E-state index in [4.69, 9.17) is 24.4 Å². The molecule has 0 aromatic rings. The first-order chi connectivity index (χ1) is 11.7. The van der Waals surface area contributed by atoms with Crippen LogP contribution >= 0.6 is 0 Å². The Morgan fingerprint density at radius 3 is 2.16 bits per heavy atom. The van der Waals surface area contributed by atoms with Gasteiger partial charge in [0, 0.05) is 0 Å². The van der Waals surface area contributed by atoms with Gasteiger partial charge in [-0.3, -0.25) is 9.59 Å². The number of esters is 2. The summed E-state index contributed by atoms with van der Waals surface area (Å²) in [4.78, 5) is 34.1. The topological polar surface area (TPSA) is 119 Å². The van der Waals surface area contributed by atoms with Gasteiger partial charge in [-0.2, -0.15) is 0 Å². The van der Waals surface area contributed by atoms with Crippen LogP contribution < -0.4 is 0 Å². The van der Waals surface area contributed by atoms with E-state index in [1.165, 1.54) is 0 Å². The van der Waals surface area contributed by atoms with Gasteiger partial charge in [-0.1, -0.05) is 13.8 Å². The molecule has 8 nitrogen and oxygen atoms in total. The molecule has 5 unspecified atom stereocenters. The maximum absolute atomic E-state index is 11.9. The number of ether oxygens (including phenoxy) is 3. The van der Waals surface area contributed by atoms with Crippen molar-refractivity contribution in [3.05, 3.63) is 0 Å². The molecule has 2 heterocycles. The number of rotatable bonds is 7. The number of aliphatic carboxylic acids is 1. The van der Waals surface area contributed by atoms with Gasteiger partial charge in [0.05, 0.1) is 18.9 Å². The van der Waals surface area contributed by atoms with Crippen molar-refractivity contribution in [2.75, 3.05) is 6.61 Å². The highest BCUT2D eigenvalue weighted by Gasteiger charge is 2.59. The highest BCUT2D eigenvalue weighted by atomic mass is 16.6. The number of hydrogen-bond acceptors (Lipinski definition) is 7. The van der Waals surface area contributed by atoms with Gasteiger partial charge in [0.2, 0.25) is 0 Å². The van der Waals surface area contributed by atoms with Crippen molar-refractivity contribution in [2.24, 2.45) is 11.8 Å². The predicted octanol–water partition coefficient (Wildman–Crippen LogP) is 0.891. The monoisotopic (exact) mass is 358 g/mol. The second kappa shape index (κ2) is 7.70. The van der Waals surface area contributed by atoms with E-state index in [9.17, 15) is 14.4 Å². The molecule has 2 aliphatic heterocycles. The molecule has 5 atom stereocenters. The molecular weight excluding hydrogens is 332 g/mol. The minimum atomic E-state index is -1.07. The van der Waals surface area contributed by atoms with Crippen LogP contribution in [0.3, 0.4) is 0 Å². The molecule has 8 heteroatoms. The first kappa shape index (κ1) is 19.7. The zero-order chi connectivity index (χ0) is 18.8. The molecule has 0 amide bonds. The van der Waals surface area contributed by atoms with E-state index in [1.807, 2.05) is 13.8 Å². The Balaban J connectivity index is 2.13. The summed E-state index contributed by atoms with van der Waals surface area (Å²) in [5, 5.41) is 17.6. The Morgan fingerprint density at radius 2 is 1.68 bits per heavy atom. The zero-order valence-electron chi connectivity index (χ0n) is 14.8. The maximum atomic E-state index is 11.9. The minimum Gasteiger partial charge on any atom is -0.481 e. The number of aliphatic hydroxyl groups is 1. The molecule has 2 bridgehead atoms. The van der Waals surface area contributed by atoms with Crippen molar-refractivity contribution in [1.29, 1.82) is 0 Å². The number of carbonyl (C=O) groups excluding carboxylic acids is 2. The van der Waals surface area contributed by atoms with Gasteiger partial charge in [-0.15, -0.1) is 0 Å². The molecule has 3 rings (SSSR count). The normalized spacial score (nSPS) is 34.0. The fourth-order valence-electron chi connectivity index (χ4n) is 3.76. The van der Waals surface area contributed by atoms with Crippen LogP contribution in [-0.2, 0) is 28.6 Å². The Hall–Kier alpha value is -1.67. The molecule has 2 N–H and O–H groups in total. The van der Waals surface area contributed by atoms with Crippen molar-refractivity contribution in [2.45, 2.75) is 70.4 Å². The van der Waals surface area contributed by atoms with Crippen molar-refractivity contribution in [3.63, 3.8) is 0 Å². The molecule has 3 aliphatic rings. The summed E-state index contributed by atoms with van der Waals surface area (Å²) in [6.45, 7) is 5.09. The van der Waals surface area contributed by atoms with Crippen LogP contribution in [0.4, 0.5) is 0 Å². The lowest BCUT2D eigenvalue weighted by Gasteiger charge is -2.57. The molecule has 142 valence electrons. The van der Waals surface area contributed by atoms with E-state index in [0.29, 0.717) is 12.8 Å². The first-order valence-electron chi connectivity index (χ1n) is 8.56. The third kappa shape index (κ3) is 4.30. The van der Waals surface area contributed by atoms with Gasteiger partial charge >= 0.3 is 17.9 Å². The largest absolute Gasteiger partial charge is 0.481 e. The predicted molar refractivity (Wildman–Crippen MR) is 84.6 cm³/mol. The lowest BCUT2D eigenvalue weighted by Crippen LogP contribution is -2.67. The van der Waals surface area contributed by atoms with E-state index in [0.717, 1.165) is 0 Å². The van der Waals surface area contributed by atoms with Gasteiger partial charge in [-0.25, -0.2) is 4.79 Å². The van der Waals surface area contributed by atoms with Gasteiger partial charge < -0.3 is 24.4 Å². The third-order valence-corrected chi connectivity index (χ3v) is 5.04. The molecule has 25 heavy (non-hydrogen) atoms. The number of fused-ring (bicyclic) bond motifs is 3. The fraction of sp³-hybridized carbons (Fsp3) is 0.824. The molecule has 0 aromatic carbocycles. The van der Waals surface area contributed by atoms with Gasteiger partial charge in [0.1, 0.15) is 24.4 Å². The maximum Gasteiger partial charge on any atom is 0.332 e. The number of carboxylic acid groups (broad SMARTS) is 1. The summed E-state index contributed by atoms with van der Waals surface area (Å²) in [6, 6.07) is 0. The summed E-state index contributed by atoms with van der Waals surface area (Å²) in [5.41, 5.74) is -1.02. The average Bonchev–Trinajstić information content (AvgIpc) is 2.54. The molecule has 1 aliphatic carbocycles. The lowest BCUT2D eigenvalue weighted by molar-refractivity contribution is -0.295. The Bertz CT molecular complexity index is 531. The summed E-state index contributed by atoms with van der Waals surface area (Å²) in [6.07, 6.45) is -0.661. The first-order valence-corrected chi connectivity index (χ1v) is 8.56. The molecule has 3 fully saturated rings. The van der Waals surface area contributed by atoms with Crippen LogP contribution in [0.1, 0.15) is 46.5 Å². The van der Waals surface area contributed by atoms with Gasteiger partial charge in [0.25, 0.3) is 0 Å². The number of aliphatic hydroxyl groups excluding tert-OH is 1. The van der Waals surface area contributed by atoms with Crippen LogP contribution in [0.5, 0.6) is 0 Å². The number of hydrogen-bond donors (Lipinski definition) is 2. The molecular formula is C17H26O8. The second-order valence-corrected chi connectivity index (χ2v) is 7.25. The quantitative estimate of drug-likeness (QED) is 0.644. The average molecular weight is 358 g/mol. The lowest BCUT2D eigenvalue weighted by atomic mass is 9.67. The SMILES string of the molecule is CC(C)C1OC2(C)C(OC(=O)CO)CC1CC2OC(=O)CCC(=O)O. The molecule has 2 saturated heterocycles. The zero-order valence-corrected chi connectivity index (χ0v) is 14.8. The number of carbonyl (C=O) groups is 3. The molecule has 1 saturated carbocycles. The highest BCUT2D eigenvalue weighted by Crippen LogP contribution is 2.49. The van der Waals surface area contributed by atoms with E-state index in [2.05, 4.69) is 0 Å². The standard InChI is InChI=1S/C17H26O8/c1-9(2)16-10-6-11(23-14(21)5-4-13(19)20)17(3,25-16)12(7-10)24-15(22)8-18/h9-12,16,18H,4-8H2,1-3H3,(H,19,20). The van der Waals surface area contributed by atoms with E-state index in [1.54, 1.807) is 6.92 Å². The van der Waals surface area contributed by atoms with E-state index >= 15 is 0 Å². The fourth-order valence-corrected chi connectivity index (χ4v) is 3.76. The van der Waals surface area contributed by atoms with E-state index < -0.39 is 42.3 Å². The Kier molecular flexibility index (Phi) is 6.05. The Labute approximate surface area is 146 Å². The molecule has 0 radical (unpaired) electrons. The third-order valence-electron chi connectivity index (χ3n) is 5.04. The molecule has 0 aromatic heterocycles. The van der Waals surface area contributed by atoms with Crippen LogP contribution in [0.25, 0.3) is 0 Å². The van der Waals surface area contributed by atoms with Crippen molar-refractivity contribution in [1.82, 2.24) is 0 Å². The summed E-state index contributed by atoms with van der Waals surface area (Å²) < 4.78 is 17.0. The highest BCUT2D eigenvalue weighted by molar-refractivity contribution is 5.76. The summed E-state index contributed by atoms with van der Waals surface area (Å²) in [5.74, 6) is -2.13. The van der Waals surface area contributed by atoms with Gasteiger partial charge in [-0.05, 0) is 31.6 Å². The summed E-state index contributed by atoms with van der Waals surface area (Å²) in [7, 11) is 0. The minimum absolute atomic E-state index is 0.0388. The van der Waals surface area contributed by atoms with E-state index in [-0.39, 0.29) is 30.8 Å². The second-order valence-electron chi connectivity index (χ2n) is 7.25. The van der Waals surface area contributed by atoms with Crippen LogP contribution in [-0.4, -0.2) is 58.6 Å². The smallest absolute Gasteiger partial charge is 0.332 e. The Morgan fingerprint density at radius 1 is 1.12 bits per heavy atom. The summed E-state index contributed by atoms with van der Waals surface area (Å²) >= 11 is 0. The van der Waals surface area contributed by atoms with Crippen molar-refractivity contribution < 1.29 is 38.8 Å². The van der Waals surface area contributed by atoms with Crippen LogP contribution in [0.2, 0.25) is 0 Å². The van der Waals surface area contributed by atoms with Crippen LogP contribution in [0.15, 0.2) is 0 Å². The number of carboxylic acids is 1. The van der Waals surface area contributed by atoms with Gasteiger partial charge in [0.15, 0.2) is 0 Å². The van der Waals surface area contributed by atoms with Crippen LogP contribution in [0, 0.1) is 11.8 Å². The van der Waals surface area contributed by atoms with Crippen molar-refractivity contribution in [3.8, 4) is 0 Å².